The third kappa shape index (κ3) is 4.30. The van der Waals surface area contributed by atoms with Crippen molar-refractivity contribution in [3.8, 4) is 0 Å². The van der Waals surface area contributed by atoms with E-state index in [-0.39, 0.29) is 0 Å². The quantitative estimate of drug-likeness (QED) is 0.849. The lowest BCUT2D eigenvalue weighted by Crippen LogP contribution is -2.48. The molecule has 0 amide bonds. The number of hydrogen-bond donors (Lipinski definition) is 1. The standard InChI is InChI=1S/C16H27N3/c1-2-19(12-10-17)16-9-6-11-18(14-16)13-15-7-4-3-5-8-15/h3-5,7-8,16H,2,6,9-14,17H2,1H3/t16-/m1/s1. The van der Waals surface area contributed by atoms with E-state index in [1.54, 1.807) is 0 Å². The van der Waals surface area contributed by atoms with Crippen LogP contribution in [0.3, 0.4) is 0 Å². The Hall–Kier alpha value is -0.900. The molecule has 1 aliphatic heterocycles. The van der Waals surface area contributed by atoms with Gasteiger partial charge in [0, 0.05) is 32.2 Å². The van der Waals surface area contributed by atoms with Gasteiger partial charge in [-0.05, 0) is 31.5 Å². The van der Waals surface area contributed by atoms with Crippen molar-refractivity contribution in [3.63, 3.8) is 0 Å². The summed E-state index contributed by atoms with van der Waals surface area (Å²) in [6.45, 7) is 8.64. The number of likely N-dealkylation sites (tertiary alicyclic amines) is 1. The zero-order chi connectivity index (χ0) is 13.5. The summed E-state index contributed by atoms with van der Waals surface area (Å²) in [6, 6.07) is 11.5. The Bertz CT molecular complexity index is 352. The highest BCUT2D eigenvalue weighted by molar-refractivity contribution is 5.14. The maximum Gasteiger partial charge on any atom is 0.0234 e. The molecule has 0 aromatic heterocycles. The molecule has 1 fully saturated rings. The SMILES string of the molecule is CCN(CCN)[C@@H]1CCCN(Cc2ccccc2)C1. The van der Waals surface area contributed by atoms with Crippen molar-refractivity contribution in [2.45, 2.75) is 32.4 Å². The molecule has 0 saturated carbocycles. The second kappa shape index (κ2) is 7.63. The van der Waals surface area contributed by atoms with Crippen molar-refractivity contribution in [3.05, 3.63) is 35.9 Å². The van der Waals surface area contributed by atoms with Crippen LogP contribution >= 0.6 is 0 Å². The molecule has 1 aliphatic rings. The first-order valence-electron chi connectivity index (χ1n) is 7.54. The van der Waals surface area contributed by atoms with Crippen molar-refractivity contribution >= 4 is 0 Å². The van der Waals surface area contributed by atoms with Gasteiger partial charge in [0.15, 0.2) is 0 Å². The Labute approximate surface area is 117 Å². The highest BCUT2D eigenvalue weighted by Gasteiger charge is 2.23. The molecule has 3 nitrogen and oxygen atoms in total. The average molecular weight is 261 g/mol. The molecule has 0 aliphatic carbocycles. The normalized spacial score (nSPS) is 20.9. The molecule has 106 valence electrons. The third-order valence-electron chi connectivity index (χ3n) is 4.07. The maximum absolute atomic E-state index is 5.71. The molecule has 0 spiro atoms. The molecule has 3 heteroatoms. The zero-order valence-corrected chi connectivity index (χ0v) is 12.1. The summed E-state index contributed by atoms with van der Waals surface area (Å²) in [7, 11) is 0. The fourth-order valence-corrected chi connectivity index (χ4v) is 3.08. The highest BCUT2D eigenvalue weighted by atomic mass is 15.2. The molecule has 0 bridgehead atoms. The second-order valence-electron chi connectivity index (χ2n) is 5.43. The fraction of sp³-hybridized carbons (Fsp3) is 0.625. The van der Waals surface area contributed by atoms with E-state index in [1.807, 2.05) is 0 Å². The third-order valence-corrected chi connectivity index (χ3v) is 4.07. The topological polar surface area (TPSA) is 32.5 Å². The van der Waals surface area contributed by atoms with Crippen LogP contribution in [0.15, 0.2) is 30.3 Å². The molecule has 1 saturated heterocycles. The Balaban J connectivity index is 1.89. The Morgan fingerprint density at radius 1 is 1.32 bits per heavy atom. The second-order valence-corrected chi connectivity index (χ2v) is 5.43. The Kier molecular flexibility index (Phi) is 5.83. The fourth-order valence-electron chi connectivity index (χ4n) is 3.08. The van der Waals surface area contributed by atoms with E-state index < -0.39 is 0 Å². The molecule has 1 atom stereocenters. The van der Waals surface area contributed by atoms with E-state index in [9.17, 15) is 0 Å². The lowest BCUT2D eigenvalue weighted by Gasteiger charge is -2.39. The van der Waals surface area contributed by atoms with Gasteiger partial charge in [-0.2, -0.15) is 0 Å². The van der Waals surface area contributed by atoms with E-state index in [4.69, 9.17) is 5.73 Å². The number of rotatable bonds is 6. The van der Waals surface area contributed by atoms with Gasteiger partial charge in [0.1, 0.15) is 0 Å². The molecule has 0 radical (unpaired) electrons. The van der Waals surface area contributed by atoms with Crippen LogP contribution in [0.5, 0.6) is 0 Å². The predicted octanol–water partition coefficient (Wildman–Crippen LogP) is 1.93. The lowest BCUT2D eigenvalue weighted by atomic mass is 10.0. The van der Waals surface area contributed by atoms with E-state index in [2.05, 4.69) is 47.1 Å². The summed E-state index contributed by atoms with van der Waals surface area (Å²) in [4.78, 5) is 5.12. The number of piperidine rings is 1. The number of benzene rings is 1. The van der Waals surface area contributed by atoms with Gasteiger partial charge < -0.3 is 5.73 Å². The van der Waals surface area contributed by atoms with Crippen LogP contribution in [-0.4, -0.2) is 48.6 Å². The summed E-state index contributed by atoms with van der Waals surface area (Å²) in [5.41, 5.74) is 7.14. The molecule has 1 aromatic carbocycles. The van der Waals surface area contributed by atoms with Crippen LogP contribution < -0.4 is 5.73 Å². The summed E-state index contributed by atoms with van der Waals surface area (Å²) in [5.74, 6) is 0. The molecule has 1 heterocycles. The van der Waals surface area contributed by atoms with E-state index >= 15 is 0 Å². The summed E-state index contributed by atoms with van der Waals surface area (Å²) in [6.07, 6.45) is 2.62. The van der Waals surface area contributed by atoms with Gasteiger partial charge in [-0.3, -0.25) is 9.80 Å². The molecule has 2 rings (SSSR count). The predicted molar refractivity (Wildman–Crippen MR) is 81.0 cm³/mol. The van der Waals surface area contributed by atoms with Gasteiger partial charge in [-0.15, -0.1) is 0 Å². The van der Waals surface area contributed by atoms with Gasteiger partial charge in [0.2, 0.25) is 0 Å². The molecular weight excluding hydrogens is 234 g/mol. The number of hydrogen-bond acceptors (Lipinski definition) is 3. The van der Waals surface area contributed by atoms with Gasteiger partial charge >= 0.3 is 0 Å². The van der Waals surface area contributed by atoms with Crippen LogP contribution in [0, 0.1) is 0 Å². The van der Waals surface area contributed by atoms with Crippen LogP contribution in [-0.2, 0) is 6.54 Å². The van der Waals surface area contributed by atoms with Gasteiger partial charge in [0.25, 0.3) is 0 Å². The van der Waals surface area contributed by atoms with Crippen LogP contribution in [0.25, 0.3) is 0 Å². The molecule has 2 N–H and O–H groups in total. The summed E-state index contributed by atoms with van der Waals surface area (Å²) >= 11 is 0. The minimum atomic E-state index is 0.686. The monoisotopic (exact) mass is 261 g/mol. The molecule has 0 unspecified atom stereocenters. The first-order chi connectivity index (χ1) is 9.33. The number of nitrogens with two attached hydrogens (primary N) is 1. The smallest absolute Gasteiger partial charge is 0.0234 e. The highest BCUT2D eigenvalue weighted by Crippen LogP contribution is 2.17. The first kappa shape index (κ1) is 14.5. The maximum atomic E-state index is 5.71. The first-order valence-corrected chi connectivity index (χ1v) is 7.54. The van der Waals surface area contributed by atoms with Gasteiger partial charge in [0.05, 0.1) is 0 Å². The number of likely N-dealkylation sites (N-methyl/N-ethyl adjacent to an activating group) is 1. The Morgan fingerprint density at radius 2 is 2.11 bits per heavy atom. The van der Waals surface area contributed by atoms with Gasteiger partial charge in [-0.1, -0.05) is 37.3 Å². The Morgan fingerprint density at radius 3 is 2.79 bits per heavy atom. The molecule has 19 heavy (non-hydrogen) atoms. The van der Waals surface area contributed by atoms with Crippen molar-refractivity contribution in [2.24, 2.45) is 5.73 Å². The lowest BCUT2D eigenvalue weighted by molar-refractivity contribution is 0.0990. The van der Waals surface area contributed by atoms with Crippen molar-refractivity contribution in [1.82, 2.24) is 9.80 Å². The largest absolute Gasteiger partial charge is 0.329 e. The number of nitrogens with zero attached hydrogens (tertiary/aromatic N) is 2. The van der Waals surface area contributed by atoms with Crippen molar-refractivity contribution in [2.75, 3.05) is 32.7 Å². The summed E-state index contributed by atoms with van der Waals surface area (Å²) < 4.78 is 0. The summed E-state index contributed by atoms with van der Waals surface area (Å²) in [5, 5.41) is 0. The molecule has 1 aromatic rings. The minimum absolute atomic E-state index is 0.686. The van der Waals surface area contributed by atoms with E-state index in [0.717, 1.165) is 26.2 Å². The minimum Gasteiger partial charge on any atom is -0.329 e. The molecular formula is C16H27N3. The van der Waals surface area contributed by atoms with Crippen molar-refractivity contribution < 1.29 is 0 Å². The van der Waals surface area contributed by atoms with Crippen molar-refractivity contribution in [1.29, 1.82) is 0 Å². The average Bonchev–Trinajstić information content (AvgIpc) is 2.46. The van der Waals surface area contributed by atoms with Crippen LogP contribution in [0.4, 0.5) is 0 Å². The van der Waals surface area contributed by atoms with E-state index in [1.165, 1.54) is 31.5 Å². The van der Waals surface area contributed by atoms with E-state index in [0.29, 0.717) is 6.04 Å². The van der Waals surface area contributed by atoms with Crippen LogP contribution in [0.1, 0.15) is 25.3 Å². The van der Waals surface area contributed by atoms with Crippen LogP contribution in [0.2, 0.25) is 0 Å². The van der Waals surface area contributed by atoms with Gasteiger partial charge in [-0.25, -0.2) is 0 Å². The zero-order valence-electron chi connectivity index (χ0n) is 12.1.